The van der Waals surface area contributed by atoms with Crippen molar-refractivity contribution in [3.63, 3.8) is 0 Å². The minimum Gasteiger partial charge on any atom is -0.444 e. The highest BCUT2D eigenvalue weighted by Crippen LogP contribution is 2.21. The molecule has 6 heteroatoms. The smallest absolute Gasteiger partial charge is 0.410 e. The van der Waals surface area contributed by atoms with Crippen LogP contribution < -0.4 is 10.2 Å². The summed E-state index contributed by atoms with van der Waals surface area (Å²) in [5.74, 6) is -0.268. The summed E-state index contributed by atoms with van der Waals surface area (Å²) in [6, 6.07) is 5.69. The second kappa shape index (κ2) is 7.35. The number of carbonyl (C=O) groups excluding carboxylic acids is 2. The number of carbonyl (C=O) groups is 2. The molecule has 1 aromatic carbocycles. The number of nitrogens with one attached hydrogen (secondary N) is 1. The molecular weight excluding hydrogens is 294 g/mol. The molecule has 0 radical (unpaired) electrons. The van der Waals surface area contributed by atoms with Gasteiger partial charge in [-0.1, -0.05) is 0 Å². The molecule has 23 heavy (non-hydrogen) atoms. The van der Waals surface area contributed by atoms with Crippen molar-refractivity contribution in [3.05, 3.63) is 23.8 Å². The van der Waals surface area contributed by atoms with E-state index >= 15 is 0 Å². The minimum atomic E-state index is -0.582. The molecule has 6 nitrogen and oxygen atoms in total. The van der Waals surface area contributed by atoms with Crippen LogP contribution in [0.25, 0.3) is 0 Å². The summed E-state index contributed by atoms with van der Waals surface area (Å²) >= 11 is 0. The van der Waals surface area contributed by atoms with Gasteiger partial charge in [0.2, 0.25) is 5.91 Å². The monoisotopic (exact) mass is 321 g/mol. The van der Waals surface area contributed by atoms with Crippen LogP contribution in [0, 0.1) is 6.92 Å². The number of hydrogen-bond donors (Lipinski definition) is 1. The van der Waals surface area contributed by atoms with E-state index in [9.17, 15) is 9.59 Å². The SMILES string of the molecule is Cc1cc(NC(=O)CN(C)C(=O)OC(C)(C)C)ccc1N(C)C. The van der Waals surface area contributed by atoms with Crippen molar-refractivity contribution >= 4 is 23.4 Å². The van der Waals surface area contributed by atoms with Gasteiger partial charge in [0.25, 0.3) is 0 Å². The maximum absolute atomic E-state index is 12.1. The molecule has 0 saturated heterocycles. The van der Waals surface area contributed by atoms with Crippen LogP contribution in [-0.4, -0.2) is 50.2 Å². The van der Waals surface area contributed by atoms with E-state index in [0.29, 0.717) is 5.69 Å². The Kier molecular flexibility index (Phi) is 6.01. The summed E-state index contributed by atoms with van der Waals surface area (Å²) in [7, 11) is 5.47. The maximum atomic E-state index is 12.1. The molecule has 0 aliphatic rings. The Morgan fingerprint density at radius 2 is 1.78 bits per heavy atom. The van der Waals surface area contributed by atoms with Gasteiger partial charge in [0.05, 0.1) is 0 Å². The molecule has 0 spiro atoms. The first-order chi connectivity index (χ1) is 10.5. The zero-order valence-electron chi connectivity index (χ0n) is 15.1. The predicted octanol–water partition coefficient (Wildman–Crippen LogP) is 2.87. The summed E-state index contributed by atoms with van der Waals surface area (Å²) in [4.78, 5) is 27.2. The number of nitrogens with zero attached hydrogens (tertiary/aromatic N) is 2. The van der Waals surface area contributed by atoms with Crippen LogP contribution in [-0.2, 0) is 9.53 Å². The molecule has 1 aromatic rings. The van der Waals surface area contributed by atoms with Gasteiger partial charge in [0.15, 0.2) is 0 Å². The van der Waals surface area contributed by atoms with Crippen molar-refractivity contribution in [2.24, 2.45) is 0 Å². The average Bonchev–Trinajstić information content (AvgIpc) is 2.35. The van der Waals surface area contributed by atoms with E-state index < -0.39 is 11.7 Å². The number of hydrogen-bond acceptors (Lipinski definition) is 4. The van der Waals surface area contributed by atoms with E-state index in [2.05, 4.69) is 5.32 Å². The van der Waals surface area contributed by atoms with Gasteiger partial charge >= 0.3 is 6.09 Å². The van der Waals surface area contributed by atoms with Gasteiger partial charge in [-0.3, -0.25) is 4.79 Å². The number of amides is 2. The fraction of sp³-hybridized carbons (Fsp3) is 0.529. The Bertz CT molecular complexity index is 577. The lowest BCUT2D eigenvalue weighted by molar-refractivity contribution is -0.117. The lowest BCUT2D eigenvalue weighted by Gasteiger charge is -2.24. The molecule has 0 heterocycles. The van der Waals surface area contributed by atoms with Crippen LogP contribution in [0.15, 0.2) is 18.2 Å². The number of ether oxygens (including phenoxy) is 1. The highest BCUT2D eigenvalue weighted by Gasteiger charge is 2.21. The van der Waals surface area contributed by atoms with Crippen molar-refractivity contribution in [3.8, 4) is 0 Å². The highest BCUT2D eigenvalue weighted by molar-refractivity contribution is 5.94. The molecule has 128 valence electrons. The van der Waals surface area contributed by atoms with Crippen molar-refractivity contribution in [1.29, 1.82) is 0 Å². The molecule has 1 N–H and O–H groups in total. The van der Waals surface area contributed by atoms with Crippen LogP contribution >= 0.6 is 0 Å². The summed E-state index contributed by atoms with van der Waals surface area (Å²) in [6.45, 7) is 7.27. The van der Waals surface area contributed by atoms with Crippen molar-refractivity contribution in [2.45, 2.75) is 33.3 Å². The summed E-state index contributed by atoms with van der Waals surface area (Å²) in [5, 5.41) is 2.79. The Balaban J connectivity index is 2.63. The number of rotatable bonds is 4. The van der Waals surface area contributed by atoms with E-state index in [0.717, 1.165) is 11.3 Å². The second-order valence-electron chi connectivity index (χ2n) is 6.78. The lowest BCUT2D eigenvalue weighted by atomic mass is 10.1. The quantitative estimate of drug-likeness (QED) is 0.926. The molecule has 0 fully saturated rings. The third-order valence-electron chi connectivity index (χ3n) is 3.05. The molecule has 0 aliphatic heterocycles. The predicted molar refractivity (Wildman–Crippen MR) is 93.0 cm³/mol. The van der Waals surface area contributed by atoms with E-state index in [4.69, 9.17) is 4.74 Å². The molecule has 0 saturated carbocycles. The first kappa shape index (κ1) is 18.8. The van der Waals surface area contributed by atoms with Crippen molar-refractivity contribution in [1.82, 2.24) is 4.90 Å². The van der Waals surface area contributed by atoms with Crippen LogP contribution in [0.2, 0.25) is 0 Å². The van der Waals surface area contributed by atoms with Gasteiger partial charge in [0.1, 0.15) is 12.1 Å². The Labute approximate surface area is 138 Å². The van der Waals surface area contributed by atoms with Gasteiger partial charge < -0.3 is 19.9 Å². The van der Waals surface area contributed by atoms with E-state index in [-0.39, 0.29) is 12.5 Å². The Morgan fingerprint density at radius 1 is 1.17 bits per heavy atom. The normalized spacial score (nSPS) is 10.9. The molecular formula is C17H27N3O3. The molecule has 0 unspecified atom stereocenters. The Morgan fingerprint density at radius 3 is 2.26 bits per heavy atom. The highest BCUT2D eigenvalue weighted by atomic mass is 16.6. The summed E-state index contributed by atoms with van der Waals surface area (Å²) in [6.07, 6.45) is -0.521. The second-order valence-corrected chi connectivity index (χ2v) is 6.78. The zero-order chi connectivity index (χ0) is 17.8. The maximum Gasteiger partial charge on any atom is 0.410 e. The molecule has 0 aliphatic carbocycles. The van der Waals surface area contributed by atoms with E-state index in [1.165, 1.54) is 11.9 Å². The zero-order valence-corrected chi connectivity index (χ0v) is 15.1. The van der Waals surface area contributed by atoms with Gasteiger partial charge in [0, 0.05) is 32.5 Å². The topological polar surface area (TPSA) is 61.9 Å². The summed E-state index contributed by atoms with van der Waals surface area (Å²) < 4.78 is 5.21. The van der Waals surface area contributed by atoms with E-state index in [1.54, 1.807) is 20.8 Å². The average molecular weight is 321 g/mol. The van der Waals surface area contributed by atoms with Crippen LogP contribution in [0.5, 0.6) is 0 Å². The van der Waals surface area contributed by atoms with Gasteiger partial charge in [-0.25, -0.2) is 4.79 Å². The third-order valence-corrected chi connectivity index (χ3v) is 3.05. The van der Waals surface area contributed by atoms with Gasteiger partial charge in [-0.2, -0.15) is 0 Å². The molecule has 0 aromatic heterocycles. The Hall–Kier alpha value is -2.24. The van der Waals surface area contributed by atoms with Crippen molar-refractivity contribution in [2.75, 3.05) is 37.9 Å². The fourth-order valence-corrected chi connectivity index (χ4v) is 2.06. The van der Waals surface area contributed by atoms with Crippen molar-refractivity contribution < 1.29 is 14.3 Å². The first-order valence-electron chi connectivity index (χ1n) is 7.51. The number of likely N-dealkylation sites (N-methyl/N-ethyl adjacent to an activating group) is 1. The molecule has 0 atom stereocenters. The third kappa shape index (κ3) is 6.18. The van der Waals surface area contributed by atoms with Gasteiger partial charge in [-0.15, -0.1) is 0 Å². The molecule has 0 bridgehead atoms. The minimum absolute atomic E-state index is 0.0661. The number of benzene rings is 1. The standard InChI is InChI=1S/C17H27N3O3/c1-12-10-13(8-9-14(12)19(5)6)18-15(21)11-20(7)16(22)23-17(2,3)4/h8-10H,11H2,1-7H3,(H,18,21). The van der Waals surface area contributed by atoms with Crippen LogP contribution in [0.3, 0.4) is 0 Å². The number of anilines is 2. The molecule has 2 amide bonds. The lowest BCUT2D eigenvalue weighted by Crippen LogP contribution is -2.38. The van der Waals surface area contributed by atoms with Gasteiger partial charge in [-0.05, 0) is 51.5 Å². The van der Waals surface area contributed by atoms with E-state index in [1.807, 2.05) is 44.1 Å². The van der Waals surface area contributed by atoms with Crippen LogP contribution in [0.4, 0.5) is 16.2 Å². The summed E-state index contributed by atoms with van der Waals surface area (Å²) in [5.41, 5.74) is 2.28. The largest absolute Gasteiger partial charge is 0.444 e. The number of aryl methyl sites for hydroxylation is 1. The molecule has 1 rings (SSSR count). The first-order valence-corrected chi connectivity index (χ1v) is 7.51. The fourth-order valence-electron chi connectivity index (χ4n) is 2.06. The van der Waals surface area contributed by atoms with Crippen LogP contribution in [0.1, 0.15) is 26.3 Å².